The van der Waals surface area contributed by atoms with E-state index in [9.17, 15) is 4.79 Å². The Labute approximate surface area is 118 Å². The van der Waals surface area contributed by atoms with E-state index in [1.807, 2.05) is 37.3 Å². The third-order valence-corrected chi connectivity index (χ3v) is 3.02. The topological polar surface area (TPSA) is 51.5 Å². The van der Waals surface area contributed by atoms with Crippen molar-refractivity contribution in [3.05, 3.63) is 59.0 Å². The number of nitrogens with one attached hydrogen (secondary N) is 1. The smallest absolute Gasteiger partial charge is 0.287 e. The average Bonchev–Trinajstić information content (AvgIpc) is 2.95. The monoisotopic (exact) mass is 273 g/mol. The molecule has 4 nitrogen and oxygen atoms in total. The van der Waals surface area contributed by atoms with E-state index in [0.717, 1.165) is 23.3 Å². The Hall–Kier alpha value is -2.07. The van der Waals surface area contributed by atoms with Gasteiger partial charge in [-0.3, -0.25) is 4.79 Å². The minimum absolute atomic E-state index is 0.189. The molecule has 2 aromatic rings. The summed E-state index contributed by atoms with van der Waals surface area (Å²) in [5, 5.41) is 2.84. The number of hydrogen-bond acceptors (Lipinski definition) is 3. The number of carbonyl (C=O) groups excluding carboxylic acids is 1. The van der Waals surface area contributed by atoms with Crippen LogP contribution >= 0.6 is 0 Å². The van der Waals surface area contributed by atoms with Crippen LogP contribution < -0.4 is 5.32 Å². The van der Waals surface area contributed by atoms with Crippen molar-refractivity contribution in [2.75, 3.05) is 7.11 Å². The van der Waals surface area contributed by atoms with Crippen LogP contribution in [0.2, 0.25) is 0 Å². The lowest BCUT2D eigenvalue weighted by atomic mass is 10.1. The first-order valence-electron chi connectivity index (χ1n) is 6.66. The summed E-state index contributed by atoms with van der Waals surface area (Å²) in [5.41, 5.74) is 2.15. The molecule has 1 N–H and O–H groups in total. The van der Waals surface area contributed by atoms with Gasteiger partial charge in [-0.15, -0.1) is 0 Å². The maximum Gasteiger partial charge on any atom is 0.287 e. The minimum Gasteiger partial charge on any atom is -0.456 e. The molecule has 0 saturated heterocycles. The van der Waals surface area contributed by atoms with Crippen molar-refractivity contribution in [1.29, 1.82) is 0 Å². The quantitative estimate of drug-likeness (QED) is 0.880. The molecule has 4 heteroatoms. The van der Waals surface area contributed by atoms with Gasteiger partial charge in [0.15, 0.2) is 5.76 Å². The van der Waals surface area contributed by atoms with Crippen LogP contribution in [0, 0.1) is 0 Å². The largest absolute Gasteiger partial charge is 0.456 e. The van der Waals surface area contributed by atoms with Gasteiger partial charge >= 0.3 is 0 Å². The average molecular weight is 273 g/mol. The molecule has 0 unspecified atom stereocenters. The van der Waals surface area contributed by atoms with Gasteiger partial charge in [0.25, 0.3) is 5.91 Å². The predicted octanol–water partition coefficient (Wildman–Crippen LogP) is 2.92. The summed E-state index contributed by atoms with van der Waals surface area (Å²) in [5.74, 6) is 0.989. The van der Waals surface area contributed by atoms with E-state index in [1.54, 1.807) is 13.2 Å². The zero-order valence-corrected chi connectivity index (χ0v) is 11.8. The first-order valence-corrected chi connectivity index (χ1v) is 6.66. The summed E-state index contributed by atoms with van der Waals surface area (Å²) in [6, 6.07) is 11.5. The Bertz CT molecular complexity index is 557. The van der Waals surface area contributed by atoms with Gasteiger partial charge in [0, 0.05) is 20.1 Å². The van der Waals surface area contributed by atoms with Gasteiger partial charge in [0.1, 0.15) is 5.76 Å². The lowest BCUT2D eigenvalue weighted by molar-refractivity contribution is 0.0921. The Morgan fingerprint density at radius 3 is 2.45 bits per heavy atom. The molecule has 1 amide bonds. The zero-order valence-electron chi connectivity index (χ0n) is 11.8. The molecule has 0 aliphatic heterocycles. The zero-order chi connectivity index (χ0) is 14.4. The maximum absolute atomic E-state index is 11.9. The van der Waals surface area contributed by atoms with Gasteiger partial charge in [-0.05, 0) is 23.3 Å². The second kappa shape index (κ2) is 6.91. The first-order chi connectivity index (χ1) is 9.72. The van der Waals surface area contributed by atoms with Gasteiger partial charge in [-0.2, -0.15) is 0 Å². The van der Waals surface area contributed by atoms with Crippen LogP contribution in [0.5, 0.6) is 0 Å². The molecule has 0 atom stereocenters. The van der Waals surface area contributed by atoms with Crippen molar-refractivity contribution in [3.63, 3.8) is 0 Å². The Kier molecular flexibility index (Phi) is 4.96. The van der Waals surface area contributed by atoms with Gasteiger partial charge in [0.05, 0.1) is 6.61 Å². The van der Waals surface area contributed by atoms with Crippen molar-refractivity contribution < 1.29 is 13.9 Å². The van der Waals surface area contributed by atoms with Crippen LogP contribution in [-0.2, 0) is 24.3 Å². The van der Waals surface area contributed by atoms with E-state index in [2.05, 4.69) is 5.32 Å². The summed E-state index contributed by atoms with van der Waals surface area (Å²) < 4.78 is 10.5. The van der Waals surface area contributed by atoms with Crippen molar-refractivity contribution >= 4 is 5.91 Å². The number of furan rings is 1. The standard InChI is InChI=1S/C16H19NO3/c1-3-14-8-9-15(20-14)16(18)17-10-12-4-6-13(7-5-12)11-19-2/h4-9H,3,10-11H2,1-2H3,(H,17,18). The SMILES string of the molecule is CCc1ccc(C(=O)NCc2ccc(COC)cc2)o1. The summed E-state index contributed by atoms with van der Waals surface area (Å²) in [6.07, 6.45) is 0.786. The molecule has 1 aromatic heterocycles. The van der Waals surface area contributed by atoms with E-state index in [-0.39, 0.29) is 5.91 Å². The highest BCUT2D eigenvalue weighted by atomic mass is 16.5. The Balaban J connectivity index is 1.89. The number of amides is 1. The minimum atomic E-state index is -0.189. The molecule has 1 aromatic carbocycles. The Morgan fingerprint density at radius 2 is 1.85 bits per heavy atom. The molecule has 2 rings (SSSR count). The van der Waals surface area contributed by atoms with Gasteiger partial charge in [0.2, 0.25) is 0 Å². The molecule has 20 heavy (non-hydrogen) atoms. The van der Waals surface area contributed by atoms with Crippen molar-refractivity contribution in [1.82, 2.24) is 5.32 Å². The van der Waals surface area contributed by atoms with Crippen LogP contribution in [0.15, 0.2) is 40.8 Å². The van der Waals surface area contributed by atoms with Gasteiger partial charge in [-0.25, -0.2) is 0 Å². The number of aryl methyl sites for hydroxylation is 1. The summed E-state index contributed by atoms with van der Waals surface area (Å²) in [4.78, 5) is 11.9. The molecule has 0 bridgehead atoms. The normalized spacial score (nSPS) is 10.5. The fourth-order valence-electron chi connectivity index (χ4n) is 1.88. The fraction of sp³-hybridized carbons (Fsp3) is 0.312. The number of ether oxygens (including phenoxy) is 1. The molecule has 0 fully saturated rings. The van der Waals surface area contributed by atoms with Crippen LogP contribution in [0.1, 0.15) is 34.4 Å². The van der Waals surface area contributed by atoms with Crippen LogP contribution in [0.25, 0.3) is 0 Å². The highest BCUT2D eigenvalue weighted by molar-refractivity contribution is 5.91. The van der Waals surface area contributed by atoms with Crippen molar-refractivity contribution in [2.45, 2.75) is 26.5 Å². The first kappa shape index (κ1) is 14.3. The fourth-order valence-corrected chi connectivity index (χ4v) is 1.88. The van der Waals surface area contributed by atoms with Crippen LogP contribution in [0.3, 0.4) is 0 Å². The lowest BCUT2D eigenvalue weighted by Gasteiger charge is -2.05. The van der Waals surface area contributed by atoms with Crippen LogP contribution in [-0.4, -0.2) is 13.0 Å². The van der Waals surface area contributed by atoms with E-state index >= 15 is 0 Å². The number of rotatable bonds is 6. The highest BCUT2D eigenvalue weighted by Crippen LogP contribution is 2.09. The van der Waals surface area contributed by atoms with Crippen LogP contribution in [0.4, 0.5) is 0 Å². The predicted molar refractivity (Wildman–Crippen MR) is 76.4 cm³/mol. The lowest BCUT2D eigenvalue weighted by Crippen LogP contribution is -2.22. The number of carbonyl (C=O) groups is 1. The van der Waals surface area contributed by atoms with E-state index < -0.39 is 0 Å². The number of benzene rings is 1. The second-order valence-corrected chi connectivity index (χ2v) is 4.55. The molecule has 0 spiro atoms. The third kappa shape index (κ3) is 3.71. The third-order valence-electron chi connectivity index (χ3n) is 3.02. The maximum atomic E-state index is 11.9. The summed E-state index contributed by atoms with van der Waals surface area (Å²) >= 11 is 0. The molecule has 106 valence electrons. The van der Waals surface area contributed by atoms with Crippen molar-refractivity contribution in [3.8, 4) is 0 Å². The number of methoxy groups -OCH3 is 1. The van der Waals surface area contributed by atoms with E-state index in [1.165, 1.54) is 0 Å². The molecule has 0 saturated carbocycles. The van der Waals surface area contributed by atoms with Gasteiger partial charge in [-0.1, -0.05) is 31.2 Å². The molecule has 0 aliphatic rings. The Morgan fingerprint density at radius 1 is 1.15 bits per heavy atom. The van der Waals surface area contributed by atoms with E-state index in [0.29, 0.717) is 18.9 Å². The number of hydrogen-bond donors (Lipinski definition) is 1. The molecule has 1 heterocycles. The van der Waals surface area contributed by atoms with E-state index in [4.69, 9.17) is 9.15 Å². The molecular formula is C16H19NO3. The molecule has 0 radical (unpaired) electrons. The second-order valence-electron chi connectivity index (χ2n) is 4.55. The highest BCUT2D eigenvalue weighted by Gasteiger charge is 2.09. The molecule has 0 aliphatic carbocycles. The van der Waals surface area contributed by atoms with Gasteiger partial charge < -0.3 is 14.5 Å². The van der Waals surface area contributed by atoms with Crippen molar-refractivity contribution in [2.24, 2.45) is 0 Å². The molecular weight excluding hydrogens is 254 g/mol. The summed E-state index contributed by atoms with van der Waals surface area (Å²) in [7, 11) is 1.67. The summed E-state index contributed by atoms with van der Waals surface area (Å²) in [6.45, 7) is 3.06.